The zero-order valence-electron chi connectivity index (χ0n) is 12.1. The van der Waals surface area contributed by atoms with Crippen LogP contribution in [0.2, 0.25) is 0 Å². The molecule has 1 aromatic rings. The van der Waals surface area contributed by atoms with Crippen molar-refractivity contribution in [3.05, 3.63) is 35.9 Å². The molecule has 0 spiro atoms. The van der Waals surface area contributed by atoms with Crippen molar-refractivity contribution in [1.29, 1.82) is 5.26 Å². The average molecular weight is 304 g/mol. The van der Waals surface area contributed by atoms with E-state index in [9.17, 15) is 14.4 Å². The number of ketones is 1. The van der Waals surface area contributed by atoms with Crippen LogP contribution in [0.5, 0.6) is 0 Å². The second-order valence-corrected chi connectivity index (χ2v) is 4.20. The molecule has 7 nitrogen and oxygen atoms in total. The van der Waals surface area contributed by atoms with Gasteiger partial charge in [-0.1, -0.05) is 30.3 Å². The van der Waals surface area contributed by atoms with E-state index in [-0.39, 0.29) is 13.2 Å². The van der Waals surface area contributed by atoms with Crippen LogP contribution in [-0.2, 0) is 25.7 Å². The third-order valence-electron chi connectivity index (χ3n) is 2.59. The second-order valence-electron chi connectivity index (χ2n) is 4.20. The van der Waals surface area contributed by atoms with Crippen LogP contribution in [0.25, 0.3) is 0 Å². The highest BCUT2D eigenvalue weighted by molar-refractivity contribution is 6.03. The molecule has 0 aromatic heterocycles. The van der Waals surface area contributed by atoms with Crippen LogP contribution in [0.15, 0.2) is 30.3 Å². The highest BCUT2D eigenvalue weighted by Gasteiger charge is 2.27. The van der Waals surface area contributed by atoms with E-state index in [1.165, 1.54) is 0 Å². The molecular weight excluding hydrogens is 288 g/mol. The average Bonchev–Trinajstić information content (AvgIpc) is 2.53. The van der Waals surface area contributed by atoms with E-state index in [1.807, 2.05) is 6.07 Å². The van der Waals surface area contributed by atoms with E-state index in [2.05, 4.69) is 10.1 Å². The highest BCUT2D eigenvalue weighted by atomic mass is 16.5. The van der Waals surface area contributed by atoms with Gasteiger partial charge in [-0.05, 0) is 12.5 Å². The number of Topliss-reactive ketones (excluding diaryl/α,β-unsaturated/α-hetero) is 1. The van der Waals surface area contributed by atoms with Gasteiger partial charge < -0.3 is 14.8 Å². The molecule has 0 aliphatic carbocycles. The number of benzene rings is 1. The zero-order chi connectivity index (χ0) is 16.4. The zero-order valence-corrected chi connectivity index (χ0v) is 12.1. The molecule has 22 heavy (non-hydrogen) atoms. The number of alkyl carbamates (subject to hydrolysis) is 1. The van der Waals surface area contributed by atoms with Crippen molar-refractivity contribution in [1.82, 2.24) is 5.32 Å². The molecule has 1 amide bonds. The maximum absolute atomic E-state index is 11.7. The first kappa shape index (κ1) is 17.2. The number of amides is 1. The lowest BCUT2D eigenvalue weighted by Crippen LogP contribution is -2.36. The van der Waals surface area contributed by atoms with Crippen LogP contribution in [0.1, 0.15) is 12.5 Å². The molecule has 116 valence electrons. The Balaban J connectivity index is 2.38. The van der Waals surface area contributed by atoms with E-state index in [0.29, 0.717) is 0 Å². The van der Waals surface area contributed by atoms with E-state index < -0.39 is 30.3 Å². The smallest absolute Gasteiger partial charge is 0.407 e. The van der Waals surface area contributed by atoms with Gasteiger partial charge in [0.05, 0.1) is 19.2 Å². The van der Waals surface area contributed by atoms with Crippen molar-refractivity contribution in [2.45, 2.75) is 13.5 Å². The Morgan fingerprint density at radius 1 is 1.23 bits per heavy atom. The number of hydrogen-bond acceptors (Lipinski definition) is 6. The predicted molar refractivity (Wildman–Crippen MR) is 75.4 cm³/mol. The minimum absolute atomic E-state index is 0.0560. The van der Waals surface area contributed by atoms with Gasteiger partial charge >= 0.3 is 12.1 Å². The van der Waals surface area contributed by atoms with Crippen LogP contribution >= 0.6 is 0 Å². The minimum Gasteiger partial charge on any atom is -0.465 e. The van der Waals surface area contributed by atoms with E-state index >= 15 is 0 Å². The van der Waals surface area contributed by atoms with Gasteiger partial charge in [-0.25, -0.2) is 4.79 Å². The summed E-state index contributed by atoms with van der Waals surface area (Å²) in [6.07, 6.45) is -0.808. The first-order valence-electron chi connectivity index (χ1n) is 6.62. The fourth-order valence-electron chi connectivity index (χ4n) is 1.52. The van der Waals surface area contributed by atoms with E-state index in [0.717, 1.165) is 5.56 Å². The van der Waals surface area contributed by atoms with E-state index in [1.54, 1.807) is 37.3 Å². The Morgan fingerprint density at radius 2 is 1.91 bits per heavy atom. The van der Waals surface area contributed by atoms with Crippen LogP contribution in [0.4, 0.5) is 4.79 Å². The Morgan fingerprint density at radius 3 is 2.50 bits per heavy atom. The summed E-state index contributed by atoms with van der Waals surface area (Å²) < 4.78 is 9.50. The molecule has 1 unspecified atom stereocenters. The summed E-state index contributed by atoms with van der Waals surface area (Å²) in [7, 11) is 0. The molecule has 1 N–H and O–H groups in total. The number of carbonyl (C=O) groups is 3. The maximum atomic E-state index is 11.7. The molecule has 0 aliphatic rings. The number of nitriles is 1. The minimum atomic E-state index is -1.55. The molecular formula is C15H16N2O5. The second kappa shape index (κ2) is 9.13. The fourth-order valence-corrected chi connectivity index (χ4v) is 1.52. The van der Waals surface area contributed by atoms with Gasteiger partial charge in [0.15, 0.2) is 5.78 Å². The van der Waals surface area contributed by atoms with Gasteiger partial charge in [0.25, 0.3) is 0 Å². The van der Waals surface area contributed by atoms with E-state index in [4.69, 9.17) is 10.00 Å². The third kappa shape index (κ3) is 5.63. The Kier molecular flexibility index (Phi) is 7.13. The van der Waals surface area contributed by atoms with Crippen LogP contribution in [0.3, 0.4) is 0 Å². The van der Waals surface area contributed by atoms with Gasteiger partial charge in [0, 0.05) is 0 Å². The van der Waals surface area contributed by atoms with Crippen molar-refractivity contribution >= 4 is 17.8 Å². The molecule has 1 atom stereocenters. The summed E-state index contributed by atoms with van der Waals surface area (Å²) in [5.74, 6) is -3.22. The van der Waals surface area contributed by atoms with Crippen molar-refractivity contribution in [3.8, 4) is 6.07 Å². The van der Waals surface area contributed by atoms with Crippen LogP contribution in [0, 0.1) is 17.2 Å². The third-order valence-corrected chi connectivity index (χ3v) is 2.59. The fraction of sp³-hybridized carbons (Fsp3) is 0.333. The lowest BCUT2D eigenvalue weighted by Gasteiger charge is -2.09. The summed E-state index contributed by atoms with van der Waals surface area (Å²) in [6.45, 7) is 1.21. The van der Waals surface area contributed by atoms with Gasteiger partial charge in [-0.15, -0.1) is 0 Å². The Labute approximate surface area is 127 Å². The lowest BCUT2D eigenvalue weighted by molar-refractivity contribution is -0.148. The molecule has 0 fully saturated rings. The summed E-state index contributed by atoms with van der Waals surface area (Å²) in [6, 6.07) is 10.6. The molecule has 1 aromatic carbocycles. The molecule has 0 bridgehead atoms. The summed E-state index contributed by atoms with van der Waals surface area (Å²) in [5, 5.41) is 11.0. The van der Waals surface area contributed by atoms with Gasteiger partial charge in [-0.3, -0.25) is 9.59 Å². The number of hydrogen-bond donors (Lipinski definition) is 1. The lowest BCUT2D eigenvalue weighted by atomic mass is 10.1. The number of rotatable bonds is 7. The SMILES string of the molecule is CCOC(=O)C(C#N)C(=O)CNC(=O)OCc1ccccc1. The maximum Gasteiger partial charge on any atom is 0.407 e. The molecule has 0 aliphatic heterocycles. The van der Waals surface area contributed by atoms with Crippen LogP contribution < -0.4 is 5.32 Å². The van der Waals surface area contributed by atoms with Crippen molar-refractivity contribution < 1.29 is 23.9 Å². The number of carbonyl (C=O) groups excluding carboxylic acids is 3. The normalized spacial score (nSPS) is 10.9. The van der Waals surface area contributed by atoms with Crippen LogP contribution in [-0.4, -0.2) is 31.0 Å². The van der Waals surface area contributed by atoms with Crippen molar-refractivity contribution in [2.24, 2.45) is 5.92 Å². The topological polar surface area (TPSA) is 105 Å². The first-order chi connectivity index (χ1) is 10.6. The summed E-state index contributed by atoms with van der Waals surface area (Å²) >= 11 is 0. The molecule has 0 heterocycles. The van der Waals surface area contributed by atoms with Gasteiger partial charge in [0.1, 0.15) is 6.61 Å². The highest BCUT2D eigenvalue weighted by Crippen LogP contribution is 2.02. The summed E-state index contributed by atoms with van der Waals surface area (Å²) in [5.41, 5.74) is 0.797. The Bertz CT molecular complexity index is 565. The first-order valence-corrected chi connectivity index (χ1v) is 6.62. The van der Waals surface area contributed by atoms with Gasteiger partial charge in [0.2, 0.25) is 5.92 Å². The standard InChI is InChI=1S/C15H16N2O5/c1-2-21-14(19)12(8-16)13(18)9-17-15(20)22-10-11-6-4-3-5-7-11/h3-7,12H,2,9-10H2,1H3,(H,17,20). The van der Waals surface area contributed by atoms with Gasteiger partial charge in [-0.2, -0.15) is 5.26 Å². The van der Waals surface area contributed by atoms with Crippen molar-refractivity contribution in [2.75, 3.05) is 13.2 Å². The monoisotopic (exact) mass is 304 g/mol. The van der Waals surface area contributed by atoms with Crippen molar-refractivity contribution in [3.63, 3.8) is 0 Å². The Hall–Kier alpha value is -2.88. The number of nitrogens with one attached hydrogen (secondary N) is 1. The molecule has 1 rings (SSSR count). The molecule has 0 saturated carbocycles. The molecule has 7 heteroatoms. The number of nitrogens with zero attached hydrogens (tertiary/aromatic N) is 1. The number of esters is 1. The molecule has 0 saturated heterocycles. The largest absolute Gasteiger partial charge is 0.465 e. The quantitative estimate of drug-likeness (QED) is 0.599. The molecule has 0 radical (unpaired) electrons. The number of ether oxygens (including phenoxy) is 2. The predicted octanol–water partition coefficient (Wildman–Crippen LogP) is 1.18. The summed E-state index contributed by atoms with van der Waals surface area (Å²) in [4.78, 5) is 34.5.